The minimum absolute atomic E-state index is 0. The maximum Gasteiger partial charge on any atom is 0.270 e. The number of hydrogen-bond acceptors (Lipinski definition) is 6. The number of nitrogens with two attached hydrogens (primary N) is 1. The number of nitro benzene ring substituents is 1. The monoisotopic (exact) mass is 526 g/mol. The van der Waals surface area contributed by atoms with Gasteiger partial charge in [0, 0.05) is 28.8 Å². The highest BCUT2D eigenvalue weighted by atomic mass is 79.9. The minimum Gasteiger partial charge on any atom is -0.302 e. The molecule has 8 nitrogen and oxygen atoms in total. The van der Waals surface area contributed by atoms with Crippen LogP contribution in [0.25, 0.3) is 0 Å². The van der Waals surface area contributed by atoms with Crippen LogP contribution < -0.4 is 10.6 Å². The van der Waals surface area contributed by atoms with Crippen molar-refractivity contribution in [3.05, 3.63) is 105 Å². The van der Waals surface area contributed by atoms with Crippen molar-refractivity contribution in [3.63, 3.8) is 0 Å². The fraction of sp³-hybridized carbons (Fsp3) is 0.125. The first-order chi connectivity index (χ1) is 15.8. The zero-order valence-electron chi connectivity index (χ0n) is 18.0. The van der Waals surface area contributed by atoms with E-state index in [0.717, 1.165) is 6.07 Å². The number of para-hydroxylation sites is 1. The number of aliphatic imine (C=N–C) groups is 1. The van der Waals surface area contributed by atoms with Crippen molar-refractivity contribution in [2.45, 2.75) is 13.1 Å². The molecule has 4 rings (SSSR count). The molecule has 0 saturated carbocycles. The highest BCUT2D eigenvalue weighted by Gasteiger charge is 2.33. The summed E-state index contributed by atoms with van der Waals surface area (Å²) < 4.78 is 14.6. The summed E-state index contributed by atoms with van der Waals surface area (Å²) in [6.45, 7) is 1.35. The molecule has 1 unspecified atom stereocenters. The molecule has 10 heteroatoms. The largest absolute Gasteiger partial charge is 0.302 e. The number of rotatable bonds is 5. The van der Waals surface area contributed by atoms with Crippen molar-refractivity contribution in [3.8, 4) is 0 Å². The number of benzene rings is 3. The van der Waals surface area contributed by atoms with Gasteiger partial charge in [-0.05, 0) is 24.6 Å². The van der Waals surface area contributed by atoms with E-state index in [9.17, 15) is 24.1 Å². The van der Waals surface area contributed by atoms with Gasteiger partial charge in [0.25, 0.3) is 11.6 Å². The van der Waals surface area contributed by atoms with E-state index in [1.165, 1.54) is 29.2 Å². The number of ketones is 1. The zero-order valence-corrected chi connectivity index (χ0v) is 19.7. The number of benzodiazepines with no additional fused rings is 1. The van der Waals surface area contributed by atoms with Crippen LogP contribution in [-0.2, 0) is 4.79 Å². The fourth-order valence-corrected chi connectivity index (χ4v) is 3.79. The number of nitrogens with zero attached hydrogens (tertiary/aromatic N) is 3. The lowest BCUT2D eigenvalue weighted by atomic mass is 9.97. The van der Waals surface area contributed by atoms with Gasteiger partial charge in [-0.25, -0.2) is 4.39 Å². The van der Waals surface area contributed by atoms with Crippen molar-refractivity contribution < 1.29 is 18.9 Å². The lowest BCUT2D eigenvalue weighted by Crippen LogP contribution is -2.45. The Hall–Kier alpha value is -3.76. The van der Waals surface area contributed by atoms with Gasteiger partial charge in [0.1, 0.15) is 5.82 Å². The molecule has 0 spiro atoms. The summed E-state index contributed by atoms with van der Waals surface area (Å²) in [5.41, 5.74) is 7.78. The Morgan fingerprint density at radius 2 is 1.79 bits per heavy atom. The molecule has 1 aliphatic rings. The number of anilines is 1. The molecule has 0 fully saturated rings. The summed E-state index contributed by atoms with van der Waals surface area (Å²) in [5.74, 6) is -1.68. The second-order valence-corrected chi connectivity index (χ2v) is 7.53. The number of hydrogen-bond donors (Lipinski definition) is 1. The van der Waals surface area contributed by atoms with Crippen molar-refractivity contribution >= 4 is 45.8 Å². The molecular formula is C24H20BrFN4O4. The first-order valence-electron chi connectivity index (χ1n) is 10.0. The summed E-state index contributed by atoms with van der Waals surface area (Å²) in [6.07, 6.45) is -1.37. The fourth-order valence-electron chi connectivity index (χ4n) is 3.79. The van der Waals surface area contributed by atoms with E-state index in [2.05, 4.69) is 4.99 Å². The van der Waals surface area contributed by atoms with E-state index >= 15 is 0 Å². The summed E-state index contributed by atoms with van der Waals surface area (Å²) in [5, 5.41) is 11.1. The van der Waals surface area contributed by atoms with Gasteiger partial charge in [-0.15, -0.1) is 17.0 Å². The Kier molecular flexibility index (Phi) is 7.33. The Balaban J connectivity index is 0.00000324. The van der Waals surface area contributed by atoms with Crippen LogP contribution in [0.5, 0.6) is 0 Å². The van der Waals surface area contributed by atoms with Gasteiger partial charge in [0.2, 0.25) is 0 Å². The van der Waals surface area contributed by atoms with Crippen LogP contribution in [-0.4, -0.2) is 35.0 Å². The average molecular weight is 527 g/mol. The van der Waals surface area contributed by atoms with E-state index in [-0.39, 0.29) is 39.5 Å². The van der Waals surface area contributed by atoms with E-state index in [1.807, 2.05) is 0 Å². The molecule has 1 aliphatic heterocycles. The van der Waals surface area contributed by atoms with Crippen LogP contribution in [0.1, 0.15) is 27.0 Å². The topological polar surface area (TPSA) is 119 Å². The number of carbonyl (C=O) groups is 2. The molecule has 0 bridgehead atoms. The van der Waals surface area contributed by atoms with Crippen LogP contribution in [0.3, 0.4) is 0 Å². The molecule has 0 radical (unpaired) electrons. The van der Waals surface area contributed by atoms with Crippen LogP contribution in [0.2, 0.25) is 0 Å². The molecule has 1 amide bonds. The van der Waals surface area contributed by atoms with Crippen molar-refractivity contribution in [2.24, 2.45) is 10.7 Å². The predicted molar refractivity (Wildman–Crippen MR) is 131 cm³/mol. The SMILES string of the molecule is Br.Cc1cccc2c1N(CC(=O)c1cccc([N+](=O)[O-])c1)C(=O)C(N)N=C2c1ccccc1F. The number of aryl methyl sites for hydroxylation is 1. The molecule has 2 N–H and O–H groups in total. The van der Waals surface area contributed by atoms with E-state index in [4.69, 9.17) is 5.73 Å². The van der Waals surface area contributed by atoms with Gasteiger partial charge >= 0.3 is 0 Å². The molecular weight excluding hydrogens is 507 g/mol. The van der Waals surface area contributed by atoms with E-state index in [1.54, 1.807) is 43.3 Å². The summed E-state index contributed by atoms with van der Waals surface area (Å²) in [6, 6.07) is 16.5. The van der Waals surface area contributed by atoms with E-state index < -0.39 is 35.1 Å². The maximum atomic E-state index is 14.6. The molecule has 3 aromatic rings. The van der Waals surface area contributed by atoms with Crippen molar-refractivity contribution in [2.75, 3.05) is 11.4 Å². The molecule has 0 aliphatic carbocycles. The minimum atomic E-state index is -1.37. The number of Topliss-reactive ketones (excluding diaryl/α,β-unsaturated/α-hetero) is 1. The van der Waals surface area contributed by atoms with Crippen LogP contribution in [0.4, 0.5) is 15.8 Å². The Bertz CT molecular complexity index is 1330. The molecule has 174 valence electrons. The molecule has 1 heterocycles. The highest BCUT2D eigenvalue weighted by molar-refractivity contribution is 8.93. The maximum absolute atomic E-state index is 14.6. The second kappa shape index (κ2) is 10.0. The quantitative estimate of drug-likeness (QED) is 0.306. The number of amides is 1. The van der Waals surface area contributed by atoms with Gasteiger partial charge in [-0.2, -0.15) is 0 Å². The highest BCUT2D eigenvalue weighted by Crippen LogP contribution is 2.32. The zero-order chi connectivity index (χ0) is 23.7. The van der Waals surface area contributed by atoms with Crippen LogP contribution in [0, 0.1) is 22.9 Å². The molecule has 3 aromatic carbocycles. The first kappa shape index (κ1) is 24.9. The Morgan fingerprint density at radius 3 is 2.50 bits per heavy atom. The van der Waals surface area contributed by atoms with Gasteiger partial charge in [-0.1, -0.05) is 42.5 Å². The third-order valence-corrected chi connectivity index (χ3v) is 5.36. The average Bonchev–Trinajstić information content (AvgIpc) is 2.90. The number of fused-ring (bicyclic) bond motifs is 1. The normalized spacial score (nSPS) is 15.0. The second-order valence-electron chi connectivity index (χ2n) is 7.53. The van der Waals surface area contributed by atoms with Gasteiger partial charge in [0.15, 0.2) is 11.9 Å². The first-order valence-corrected chi connectivity index (χ1v) is 10.0. The van der Waals surface area contributed by atoms with Gasteiger partial charge in [-0.3, -0.25) is 24.7 Å². The van der Waals surface area contributed by atoms with Gasteiger partial charge in [0.05, 0.1) is 22.9 Å². The Morgan fingerprint density at radius 1 is 1.12 bits per heavy atom. The summed E-state index contributed by atoms with van der Waals surface area (Å²) >= 11 is 0. The predicted octanol–water partition coefficient (Wildman–Crippen LogP) is 3.97. The van der Waals surface area contributed by atoms with Crippen LogP contribution in [0.15, 0.2) is 71.7 Å². The van der Waals surface area contributed by atoms with Crippen molar-refractivity contribution in [1.82, 2.24) is 0 Å². The third kappa shape index (κ3) is 4.63. The molecule has 1 atom stereocenters. The number of non-ortho nitro benzene ring substituents is 1. The smallest absolute Gasteiger partial charge is 0.270 e. The number of carbonyl (C=O) groups excluding carboxylic acids is 2. The number of halogens is 2. The molecule has 34 heavy (non-hydrogen) atoms. The van der Waals surface area contributed by atoms with E-state index in [0.29, 0.717) is 16.8 Å². The lowest BCUT2D eigenvalue weighted by Gasteiger charge is -2.25. The summed E-state index contributed by atoms with van der Waals surface area (Å²) in [4.78, 5) is 42.2. The number of nitro groups is 1. The Labute approximate surface area is 204 Å². The van der Waals surface area contributed by atoms with Gasteiger partial charge < -0.3 is 10.6 Å². The summed E-state index contributed by atoms with van der Waals surface area (Å²) in [7, 11) is 0. The van der Waals surface area contributed by atoms with Crippen molar-refractivity contribution in [1.29, 1.82) is 0 Å². The lowest BCUT2D eigenvalue weighted by molar-refractivity contribution is -0.384. The third-order valence-electron chi connectivity index (χ3n) is 5.36. The van der Waals surface area contributed by atoms with Crippen LogP contribution >= 0.6 is 17.0 Å². The molecule has 0 saturated heterocycles. The standard InChI is InChI=1S/C24H19FN4O4.BrH/c1-14-6-4-10-18-21(17-9-2-3-11-19(17)25)27-23(26)24(31)28(22(14)18)13-20(30)15-7-5-8-16(12-15)29(32)33;/h2-12,23H,13,26H2,1H3;1H. The molecule has 0 aromatic heterocycles.